The van der Waals surface area contributed by atoms with E-state index in [0.717, 1.165) is 11.1 Å². The van der Waals surface area contributed by atoms with Gasteiger partial charge in [-0.2, -0.15) is 0 Å². The van der Waals surface area contributed by atoms with E-state index in [-0.39, 0.29) is 5.63 Å². The van der Waals surface area contributed by atoms with Gasteiger partial charge in [-0.3, -0.25) is 0 Å². The van der Waals surface area contributed by atoms with E-state index in [1.165, 1.54) is 0 Å². The van der Waals surface area contributed by atoms with Crippen molar-refractivity contribution in [3.63, 3.8) is 0 Å². The molecule has 0 unspecified atom stereocenters. The van der Waals surface area contributed by atoms with Crippen molar-refractivity contribution in [2.45, 2.75) is 13.8 Å². The summed E-state index contributed by atoms with van der Waals surface area (Å²) in [6.45, 7) is 3.66. The van der Waals surface area contributed by atoms with Gasteiger partial charge in [0.15, 0.2) is 0 Å². The lowest BCUT2D eigenvalue weighted by Gasteiger charge is -2.04. The summed E-state index contributed by atoms with van der Waals surface area (Å²) in [6.07, 6.45) is 0. The molecule has 0 N–H and O–H groups in total. The van der Waals surface area contributed by atoms with Gasteiger partial charge in [0.05, 0.1) is 5.56 Å². The van der Waals surface area contributed by atoms with Gasteiger partial charge in [0.2, 0.25) is 0 Å². The second-order valence-corrected chi connectivity index (χ2v) is 4.15. The lowest BCUT2D eigenvalue weighted by molar-refractivity contribution is 0.481. The molecule has 2 aromatic rings. The Hall–Kier alpha value is -1.54. The van der Waals surface area contributed by atoms with Crippen molar-refractivity contribution in [2.75, 3.05) is 0 Å². The van der Waals surface area contributed by atoms with E-state index >= 15 is 0 Å². The van der Waals surface area contributed by atoms with Crippen LogP contribution < -0.4 is 5.63 Å². The van der Waals surface area contributed by atoms with Crippen molar-refractivity contribution in [1.82, 2.24) is 0 Å². The molecule has 1 aromatic heterocycles. The Morgan fingerprint density at radius 3 is 2.31 bits per heavy atom. The summed E-state index contributed by atoms with van der Waals surface area (Å²) in [5, 5.41) is 0.651. The SMILES string of the molecule is Cc1cc(C)c(-c2ccc(Cl)cc2)c(=O)o1. The number of hydrogen-bond acceptors (Lipinski definition) is 2. The zero-order valence-corrected chi connectivity index (χ0v) is 9.84. The Bertz CT molecular complexity index is 567. The predicted octanol–water partition coefficient (Wildman–Crippen LogP) is 3.58. The smallest absolute Gasteiger partial charge is 0.344 e. The first kappa shape index (κ1) is 11.0. The van der Waals surface area contributed by atoms with Gasteiger partial charge in [0.25, 0.3) is 0 Å². The molecule has 0 fully saturated rings. The monoisotopic (exact) mass is 234 g/mol. The molecule has 1 heterocycles. The van der Waals surface area contributed by atoms with Crippen LogP contribution in [0, 0.1) is 13.8 Å². The largest absolute Gasteiger partial charge is 0.428 e. The first-order valence-electron chi connectivity index (χ1n) is 4.95. The molecule has 16 heavy (non-hydrogen) atoms. The van der Waals surface area contributed by atoms with Crippen LogP contribution in [0.15, 0.2) is 39.5 Å². The Morgan fingerprint density at radius 2 is 1.75 bits per heavy atom. The van der Waals surface area contributed by atoms with Crippen molar-refractivity contribution >= 4 is 11.6 Å². The zero-order chi connectivity index (χ0) is 11.7. The standard InChI is InChI=1S/C13H11ClO2/c1-8-7-9(2)16-13(15)12(8)10-3-5-11(14)6-4-10/h3-7H,1-2H3. The fourth-order valence-electron chi connectivity index (χ4n) is 1.73. The molecule has 0 saturated carbocycles. The topological polar surface area (TPSA) is 30.2 Å². The summed E-state index contributed by atoms with van der Waals surface area (Å²) in [4.78, 5) is 11.7. The van der Waals surface area contributed by atoms with Crippen LogP contribution in [0.2, 0.25) is 5.02 Å². The summed E-state index contributed by atoms with van der Waals surface area (Å²) in [5.41, 5.74) is 2.04. The van der Waals surface area contributed by atoms with Crippen LogP contribution in [0.1, 0.15) is 11.3 Å². The zero-order valence-electron chi connectivity index (χ0n) is 9.08. The molecule has 0 aliphatic heterocycles. The minimum absolute atomic E-state index is 0.306. The molecular weight excluding hydrogens is 224 g/mol. The highest BCUT2D eigenvalue weighted by atomic mass is 35.5. The Morgan fingerprint density at radius 1 is 1.12 bits per heavy atom. The summed E-state index contributed by atoms with van der Waals surface area (Å²) in [5.74, 6) is 0.625. The van der Waals surface area contributed by atoms with Gasteiger partial charge in [-0.15, -0.1) is 0 Å². The highest BCUT2D eigenvalue weighted by Gasteiger charge is 2.09. The van der Waals surface area contributed by atoms with Crippen molar-refractivity contribution in [1.29, 1.82) is 0 Å². The van der Waals surface area contributed by atoms with E-state index < -0.39 is 0 Å². The normalized spacial score (nSPS) is 10.4. The van der Waals surface area contributed by atoms with E-state index in [1.54, 1.807) is 19.1 Å². The molecule has 0 atom stereocenters. The van der Waals surface area contributed by atoms with Crippen molar-refractivity contribution in [3.8, 4) is 11.1 Å². The Labute approximate surface area is 98.5 Å². The van der Waals surface area contributed by atoms with Gasteiger partial charge in [-0.25, -0.2) is 4.79 Å². The number of hydrogen-bond donors (Lipinski definition) is 0. The van der Waals surface area contributed by atoms with Crippen molar-refractivity contribution in [2.24, 2.45) is 0 Å². The third-order valence-corrected chi connectivity index (χ3v) is 2.66. The van der Waals surface area contributed by atoms with Crippen LogP contribution in [-0.4, -0.2) is 0 Å². The molecule has 3 heteroatoms. The average Bonchev–Trinajstić information content (AvgIpc) is 2.19. The molecular formula is C13H11ClO2. The van der Waals surface area contributed by atoms with E-state index in [4.69, 9.17) is 16.0 Å². The van der Waals surface area contributed by atoms with Crippen LogP contribution >= 0.6 is 11.6 Å². The first-order valence-corrected chi connectivity index (χ1v) is 5.33. The lowest BCUT2D eigenvalue weighted by Crippen LogP contribution is -2.05. The predicted molar refractivity (Wildman–Crippen MR) is 64.9 cm³/mol. The van der Waals surface area contributed by atoms with Gasteiger partial charge in [-0.1, -0.05) is 23.7 Å². The second kappa shape index (κ2) is 4.14. The fraction of sp³-hybridized carbons (Fsp3) is 0.154. The number of halogens is 1. The molecule has 82 valence electrons. The van der Waals surface area contributed by atoms with Gasteiger partial charge in [-0.05, 0) is 43.2 Å². The summed E-state index contributed by atoms with van der Waals surface area (Å²) in [6, 6.07) is 9.00. The second-order valence-electron chi connectivity index (χ2n) is 3.71. The molecule has 0 aliphatic carbocycles. The molecule has 0 aliphatic rings. The minimum atomic E-state index is -0.306. The average molecular weight is 235 g/mol. The first-order chi connectivity index (χ1) is 7.58. The Balaban J connectivity index is 2.65. The minimum Gasteiger partial charge on any atom is -0.428 e. The van der Waals surface area contributed by atoms with Crippen molar-refractivity contribution in [3.05, 3.63) is 57.1 Å². The van der Waals surface area contributed by atoms with Gasteiger partial charge < -0.3 is 4.42 Å². The van der Waals surface area contributed by atoms with E-state index in [9.17, 15) is 4.79 Å². The van der Waals surface area contributed by atoms with E-state index in [2.05, 4.69) is 0 Å². The Kier molecular flexibility index (Phi) is 2.84. The third-order valence-electron chi connectivity index (χ3n) is 2.40. The highest BCUT2D eigenvalue weighted by molar-refractivity contribution is 6.30. The third kappa shape index (κ3) is 2.02. The molecule has 0 radical (unpaired) electrons. The van der Waals surface area contributed by atoms with Gasteiger partial charge in [0.1, 0.15) is 5.76 Å². The number of aryl methyl sites for hydroxylation is 2. The van der Waals surface area contributed by atoms with Crippen LogP contribution in [0.25, 0.3) is 11.1 Å². The van der Waals surface area contributed by atoms with Crippen LogP contribution in [0.3, 0.4) is 0 Å². The van der Waals surface area contributed by atoms with Crippen LogP contribution in [-0.2, 0) is 0 Å². The molecule has 0 spiro atoms. The van der Waals surface area contributed by atoms with Crippen LogP contribution in [0.4, 0.5) is 0 Å². The quantitative estimate of drug-likeness (QED) is 0.755. The number of rotatable bonds is 1. The molecule has 0 bridgehead atoms. The van der Waals surface area contributed by atoms with Gasteiger partial charge in [0, 0.05) is 5.02 Å². The maximum atomic E-state index is 11.7. The molecule has 0 saturated heterocycles. The molecule has 2 nitrogen and oxygen atoms in total. The highest BCUT2D eigenvalue weighted by Crippen LogP contribution is 2.22. The maximum Gasteiger partial charge on any atom is 0.344 e. The maximum absolute atomic E-state index is 11.7. The van der Waals surface area contributed by atoms with E-state index in [0.29, 0.717) is 16.3 Å². The summed E-state index contributed by atoms with van der Waals surface area (Å²) < 4.78 is 5.09. The number of benzene rings is 1. The molecule has 0 amide bonds. The molecule has 2 rings (SSSR count). The summed E-state index contributed by atoms with van der Waals surface area (Å²) >= 11 is 5.80. The lowest BCUT2D eigenvalue weighted by atomic mass is 10.0. The van der Waals surface area contributed by atoms with Gasteiger partial charge >= 0.3 is 5.63 Å². The fourth-order valence-corrected chi connectivity index (χ4v) is 1.85. The van der Waals surface area contributed by atoms with Crippen molar-refractivity contribution < 1.29 is 4.42 Å². The molecule has 1 aromatic carbocycles. The van der Waals surface area contributed by atoms with Crippen LogP contribution in [0.5, 0.6) is 0 Å². The van der Waals surface area contributed by atoms with E-state index in [1.807, 2.05) is 25.1 Å². The summed E-state index contributed by atoms with van der Waals surface area (Å²) in [7, 11) is 0.